The summed E-state index contributed by atoms with van der Waals surface area (Å²) in [4.78, 5) is 8.05. The van der Waals surface area contributed by atoms with Gasteiger partial charge in [-0.1, -0.05) is 41.9 Å². The van der Waals surface area contributed by atoms with Gasteiger partial charge in [-0.3, -0.25) is 4.57 Å². The highest BCUT2D eigenvalue weighted by Crippen LogP contribution is 2.29. The molecule has 0 amide bonds. The summed E-state index contributed by atoms with van der Waals surface area (Å²) >= 11 is 5.95. The van der Waals surface area contributed by atoms with Crippen molar-refractivity contribution < 1.29 is 10.2 Å². The maximum Gasteiger partial charge on any atom is 0.297 e. The molecular formula is C14H12ClN3O2. The third kappa shape index (κ3) is 2.11. The predicted molar refractivity (Wildman–Crippen MR) is 75.9 cm³/mol. The number of nitrogens with zero attached hydrogens (tertiary/aromatic N) is 3. The second-order valence-corrected chi connectivity index (χ2v) is 4.82. The largest absolute Gasteiger partial charge is 0.480 e. The fraction of sp³-hybridized carbons (Fsp3) is 0.143. The number of benzene rings is 1. The Labute approximate surface area is 120 Å². The van der Waals surface area contributed by atoms with E-state index in [4.69, 9.17) is 11.6 Å². The molecule has 0 bridgehead atoms. The number of hydrogen-bond acceptors (Lipinski definition) is 4. The first-order chi connectivity index (χ1) is 9.70. The molecule has 0 radical (unpaired) electrons. The molecule has 2 aromatic heterocycles. The van der Waals surface area contributed by atoms with E-state index in [1.54, 1.807) is 6.07 Å². The highest BCUT2D eigenvalue weighted by atomic mass is 35.5. The summed E-state index contributed by atoms with van der Waals surface area (Å²) in [6.45, 7) is -0.171. The average Bonchev–Trinajstić information content (AvgIpc) is 2.77. The topological polar surface area (TPSA) is 71.2 Å². The van der Waals surface area contributed by atoms with E-state index in [1.807, 2.05) is 30.3 Å². The van der Waals surface area contributed by atoms with Crippen LogP contribution in [0.15, 0.2) is 42.6 Å². The molecule has 3 aromatic rings. The third-order valence-electron chi connectivity index (χ3n) is 3.16. The molecule has 0 aliphatic heterocycles. The van der Waals surface area contributed by atoms with Crippen LogP contribution in [0.5, 0.6) is 6.01 Å². The zero-order valence-electron chi connectivity index (χ0n) is 10.4. The molecule has 0 fully saturated rings. The highest BCUT2D eigenvalue weighted by molar-refractivity contribution is 6.31. The standard InChI is InChI=1S/C14H12ClN3O2/c15-10-6-11-13(16-7-10)17-14(20)18(11)12(8-19)9-4-2-1-3-5-9/h1-7,12,19H,8H2,(H,16,17,20)/t12-/m1/s1. The lowest BCUT2D eigenvalue weighted by Gasteiger charge is -2.18. The van der Waals surface area contributed by atoms with Crippen LogP contribution in [-0.4, -0.2) is 31.4 Å². The van der Waals surface area contributed by atoms with E-state index in [2.05, 4.69) is 9.97 Å². The van der Waals surface area contributed by atoms with E-state index in [0.717, 1.165) is 5.56 Å². The van der Waals surface area contributed by atoms with Crippen molar-refractivity contribution in [3.05, 3.63) is 53.2 Å². The number of hydrogen-bond donors (Lipinski definition) is 2. The van der Waals surface area contributed by atoms with Gasteiger partial charge in [-0.25, -0.2) is 4.98 Å². The van der Waals surface area contributed by atoms with Crippen LogP contribution in [0, 0.1) is 0 Å². The van der Waals surface area contributed by atoms with Gasteiger partial charge < -0.3 is 10.2 Å². The van der Waals surface area contributed by atoms with Gasteiger partial charge in [-0.2, -0.15) is 4.98 Å². The second kappa shape index (κ2) is 5.11. The lowest BCUT2D eigenvalue weighted by atomic mass is 10.1. The minimum absolute atomic E-state index is 0.171. The van der Waals surface area contributed by atoms with E-state index in [9.17, 15) is 10.2 Å². The number of rotatable bonds is 3. The Morgan fingerprint density at radius 3 is 2.70 bits per heavy atom. The van der Waals surface area contributed by atoms with Crippen molar-refractivity contribution in [2.24, 2.45) is 0 Å². The minimum atomic E-state index is -0.443. The Balaban J connectivity index is 2.21. The number of aromatic hydroxyl groups is 1. The Morgan fingerprint density at radius 2 is 2.00 bits per heavy atom. The quantitative estimate of drug-likeness (QED) is 0.776. The fourth-order valence-corrected chi connectivity index (χ4v) is 2.41. The predicted octanol–water partition coefficient (Wildman–Crippen LogP) is 2.37. The van der Waals surface area contributed by atoms with E-state index in [-0.39, 0.29) is 12.6 Å². The smallest absolute Gasteiger partial charge is 0.297 e. The molecule has 102 valence electrons. The summed E-state index contributed by atoms with van der Waals surface area (Å²) in [5.41, 5.74) is 1.84. The Morgan fingerprint density at radius 1 is 1.25 bits per heavy atom. The fourth-order valence-electron chi connectivity index (χ4n) is 2.26. The SMILES string of the molecule is OC[C@H](c1ccccc1)n1c(O)nc2ncc(Cl)cc21. The van der Waals surface area contributed by atoms with E-state index >= 15 is 0 Å². The lowest BCUT2D eigenvalue weighted by Crippen LogP contribution is -2.14. The van der Waals surface area contributed by atoms with Crippen LogP contribution in [0.3, 0.4) is 0 Å². The number of aliphatic hydroxyl groups is 1. The lowest BCUT2D eigenvalue weighted by molar-refractivity contribution is 0.241. The van der Waals surface area contributed by atoms with Gasteiger partial charge in [0.25, 0.3) is 6.01 Å². The molecule has 2 heterocycles. The van der Waals surface area contributed by atoms with Crippen molar-refractivity contribution in [1.82, 2.24) is 14.5 Å². The van der Waals surface area contributed by atoms with E-state index in [1.165, 1.54) is 10.8 Å². The summed E-state index contributed by atoms with van der Waals surface area (Å²) in [5, 5.41) is 20.2. The van der Waals surface area contributed by atoms with Crippen LogP contribution in [0.1, 0.15) is 11.6 Å². The molecule has 2 N–H and O–H groups in total. The molecule has 1 atom stereocenters. The molecular weight excluding hydrogens is 278 g/mol. The summed E-state index contributed by atoms with van der Waals surface area (Å²) in [7, 11) is 0. The molecule has 6 heteroatoms. The van der Waals surface area contributed by atoms with Crippen LogP contribution in [0.4, 0.5) is 0 Å². The zero-order chi connectivity index (χ0) is 14.1. The van der Waals surface area contributed by atoms with Crippen molar-refractivity contribution in [2.75, 3.05) is 6.61 Å². The summed E-state index contributed by atoms with van der Waals surface area (Å²) in [5.74, 6) is 0. The molecule has 0 saturated heterocycles. The monoisotopic (exact) mass is 289 g/mol. The Bertz CT molecular complexity index is 743. The number of aliphatic hydroxyl groups excluding tert-OH is 1. The normalized spacial score (nSPS) is 12.7. The average molecular weight is 290 g/mol. The van der Waals surface area contributed by atoms with Crippen LogP contribution < -0.4 is 0 Å². The van der Waals surface area contributed by atoms with Gasteiger partial charge >= 0.3 is 0 Å². The van der Waals surface area contributed by atoms with Crippen LogP contribution in [0.2, 0.25) is 5.02 Å². The van der Waals surface area contributed by atoms with Gasteiger partial charge in [0, 0.05) is 6.20 Å². The van der Waals surface area contributed by atoms with Crippen molar-refractivity contribution in [2.45, 2.75) is 6.04 Å². The van der Waals surface area contributed by atoms with Crippen molar-refractivity contribution in [3.8, 4) is 6.01 Å². The molecule has 0 saturated carbocycles. The highest BCUT2D eigenvalue weighted by Gasteiger charge is 2.20. The van der Waals surface area contributed by atoms with E-state index < -0.39 is 6.04 Å². The first kappa shape index (κ1) is 12.9. The number of imidazole rings is 1. The van der Waals surface area contributed by atoms with Gasteiger partial charge in [-0.05, 0) is 11.6 Å². The molecule has 0 aliphatic rings. The molecule has 20 heavy (non-hydrogen) atoms. The number of fused-ring (bicyclic) bond motifs is 1. The van der Waals surface area contributed by atoms with Crippen LogP contribution >= 0.6 is 11.6 Å². The van der Waals surface area contributed by atoms with Crippen LogP contribution in [0.25, 0.3) is 11.2 Å². The second-order valence-electron chi connectivity index (χ2n) is 4.39. The molecule has 0 spiro atoms. The van der Waals surface area contributed by atoms with Crippen molar-refractivity contribution in [1.29, 1.82) is 0 Å². The first-order valence-electron chi connectivity index (χ1n) is 6.09. The molecule has 1 aromatic carbocycles. The first-order valence-corrected chi connectivity index (χ1v) is 6.46. The van der Waals surface area contributed by atoms with Gasteiger partial charge in [0.15, 0.2) is 5.65 Å². The number of halogens is 1. The maximum absolute atomic E-state index is 10.0. The molecule has 5 nitrogen and oxygen atoms in total. The van der Waals surface area contributed by atoms with Gasteiger partial charge in [0.05, 0.1) is 23.2 Å². The van der Waals surface area contributed by atoms with Crippen LogP contribution in [-0.2, 0) is 0 Å². The molecule has 0 aliphatic carbocycles. The van der Waals surface area contributed by atoms with Gasteiger partial charge in [0.1, 0.15) is 0 Å². The van der Waals surface area contributed by atoms with E-state index in [0.29, 0.717) is 16.2 Å². The summed E-state index contributed by atoms with van der Waals surface area (Å²) < 4.78 is 1.53. The number of aromatic nitrogens is 3. The summed E-state index contributed by atoms with van der Waals surface area (Å²) in [6.07, 6.45) is 1.47. The Kier molecular flexibility index (Phi) is 3.30. The third-order valence-corrected chi connectivity index (χ3v) is 3.37. The van der Waals surface area contributed by atoms with Crippen molar-refractivity contribution >= 4 is 22.8 Å². The summed E-state index contributed by atoms with van der Waals surface area (Å²) in [6, 6.07) is 10.4. The maximum atomic E-state index is 10.0. The Hall–Kier alpha value is -2.11. The zero-order valence-corrected chi connectivity index (χ0v) is 11.2. The molecule has 0 unspecified atom stereocenters. The van der Waals surface area contributed by atoms with Gasteiger partial charge in [-0.15, -0.1) is 0 Å². The minimum Gasteiger partial charge on any atom is -0.480 e. The van der Waals surface area contributed by atoms with Gasteiger partial charge in [0.2, 0.25) is 0 Å². The number of pyridine rings is 1. The van der Waals surface area contributed by atoms with Crippen molar-refractivity contribution in [3.63, 3.8) is 0 Å². The molecule has 3 rings (SSSR count).